The van der Waals surface area contributed by atoms with Gasteiger partial charge in [-0.2, -0.15) is 0 Å². The Balaban J connectivity index is 1.47. The van der Waals surface area contributed by atoms with Gasteiger partial charge in [0, 0.05) is 39.4 Å². The van der Waals surface area contributed by atoms with E-state index in [9.17, 15) is 4.79 Å². The van der Waals surface area contributed by atoms with E-state index in [0.717, 1.165) is 63.4 Å². The second kappa shape index (κ2) is 9.98. The van der Waals surface area contributed by atoms with Gasteiger partial charge in [-0.3, -0.25) is 0 Å². The Morgan fingerprint density at radius 2 is 1.63 bits per heavy atom. The van der Waals surface area contributed by atoms with Crippen LogP contribution in [0.4, 0.5) is 16.2 Å². The van der Waals surface area contributed by atoms with Crippen LogP contribution in [0.25, 0.3) is 0 Å². The fourth-order valence-corrected chi connectivity index (χ4v) is 4.73. The van der Waals surface area contributed by atoms with Crippen molar-refractivity contribution in [3.63, 3.8) is 0 Å². The van der Waals surface area contributed by atoms with Crippen molar-refractivity contribution in [3.05, 3.63) is 24.3 Å². The molecule has 0 saturated carbocycles. The Hall–Kier alpha value is -1.83. The molecule has 3 aliphatic rings. The Morgan fingerprint density at radius 1 is 1.03 bits per heavy atom. The van der Waals surface area contributed by atoms with Gasteiger partial charge in [-0.15, -0.1) is 0 Å². The Morgan fingerprint density at radius 3 is 2.20 bits per heavy atom. The summed E-state index contributed by atoms with van der Waals surface area (Å²) in [6, 6.07) is 7.96. The van der Waals surface area contributed by atoms with Gasteiger partial charge in [0.2, 0.25) is 0 Å². The zero-order valence-electron chi connectivity index (χ0n) is 18.2. The van der Waals surface area contributed by atoms with Gasteiger partial charge < -0.3 is 29.3 Å². The molecule has 166 valence electrons. The fourth-order valence-electron chi connectivity index (χ4n) is 4.73. The van der Waals surface area contributed by atoms with E-state index in [1.54, 1.807) is 0 Å². The van der Waals surface area contributed by atoms with Crippen molar-refractivity contribution in [2.45, 2.75) is 63.9 Å². The molecule has 3 fully saturated rings. The zero-order valence-corrected chi connectivity index (χ0v) is 18.2. The molecule has 0 aromatic heterocycles. The van der Waals surface area contributed by atoms with Gasteiger partial charge in [0.15, 0.2) is 0 Å². The number of carbonyl (C=O) groups is 1. The van der Waals surface area contributed by atoms with Crippen LogP contribution in [0.2, 0.25) is 0 Å². The summed E-state index contributed by atoms with van der Waals surface area (Å²) in [6.07, 6.45) is 4.71. The average Bonchev–Trinajstić information content (AvgIpc) is 3.41. The average molecular weight is 418 g/mol. The van der Waals surface area contributed by atoms with Crippen LogP contribution < -0.4 is 10.2 Å². The number of urea groups is 1. The van der Waals surface area contributed by atoms with E-state index < -0.39 is 0 Å². The SMILES string of the molecule is C[C@@H]1CN(c2ccccc2NC(=O)N(C[C@H]2CCCO2)C[C@@H]2CCCO2)C[C@@H](C)O1. The van der Waals surface area contributed by atoms with Crippen molar-refractivity contribution < 1.29 is 19.0 Å². The highest BCUT2D eigenvalue weighted by molar-refractivity contribution is 5.93. The molecule has 7 nitrogen and oxygen atoms in total. The van der Waals surface area contributed by atoms with Crippen LogP contribution in [0.1, 0.15) is 39.5 Å². The number of hydrogen-bond donors (Lipinski definition) is 1. The molecule has 1 N–H and O–H groups in total. The molecule has 1 aromatic carbocycles. The highest BCUT2D eigenvalue weighted by Gasteiger charge is 2.28. The van der Waals surface area contributed by atoms with E-state index in [1.807, 2.05) is 23.1 Å². The van der Waals surface area contributed by atoms with Crippen molar-refractivity contribution in [2.75, 3.05) is 49.6 Å². The Kier molecular flexibility index (Phi) is 7.12. The second-order valence-corrected chi connectivity index (χ2v) is 8.78. The number of rotatable bonds is 6. The normalized spacial score (nSPS) is 29.2. The lowest BCUT2D eigenvalue weighted by molar-refractivity contribution is -0.00517. The maximum absolute atomic E-state index is 13.3. The topological polar surface area (TPSA) is 63.3 Å². The summed E-state index contributed by atoms with van der Waals surface area (Å²) in [6.45, 7) is 8.61. The molecule has 0 aliphatic carbocycles. The summed E-state index contributed by atoms with van der Waals surface area (Å²) in [5.41, 5.74) is 1.88. The van der Waals surface area contributed by atoms with Gasteiger partial charge in [-0.05, 0) is 51.7 Å². The highest BCUT2D eigenvalue weighted by Crippen LogP contribution is 2.29. The van der Waals surface area contributed by atoms with E-state index >= 15 is 0 Å². The molecule has 0 spiro atoms. The fraction of sp³-hybridized carbons (Fsp3) is 0.696. The number of para-hydroxylation sites is 2. The van der Waals surface area contributed by atoms with Crippen LogP contribution in [-0.4, -0.2) is 74.7 Å². The summed E-state index contributed by atoms with van der Waals surface area (Å²) in [7, 11) is 0. The molecule has 1 aromatic rings. The molecule has 4 rings (SSSR count). The molecular formula is C23H35N3O4. The minimum Gasteiger partial charge on any atom is -0.376 e. The van der Waals surface area contributed by atoms with Gasteiger partial charge in [-0.25, -0.2) is 4.79 Å². The largest absolute Gasteiger partial charge is 0.376 e. The van der Waals surface area contributed by atoms with Crippen LogP contribution in [0.15, 0.2) is 24.3 Å². The van der Waals surface area contributed by atoms with E-state index in [2.05, 4.69) is 30.1 Å². The number of ether oxygens (including phenoxy) is 3. The van der Waals surface area contributed by atoms with Crippen molar-refractivity contribution in [2.24, 2.45) is 0 Å². The maximum Gasteiger partial charge on any atom is 0.322 e. The van der Waals surface area contributed by atoms with Crippen LogP contribution in [-0.2, 0) is 14.2 Å². The van der Waals surface area contributed by atoms with E-state index in [-0.39, 0.29) is 30.4 Å². The minimum atomic E-state index is -0.0807. The first-order valence-electron chi connectivity index (χ1n) is 11.4. The number of nitrogens with one attached hydrogen (secondary N) is 1. The van der Waals surface area contributed by atoms with E-state index in [4.69, 9.17) is 14.2 Å². The van der Waals surface area contributed by atoms with Crippen LogP contribution >= 0.6 is 0 Å². The van der Waals surface area contributed by atoms with Crippen molar-refractivity contribution in [1.29, 1.82) is 0 Å². The number of amides is 2. The predicted octanol–water partition coefficient (Wildman–Crippen LogP) is 3.49. The van der Waals surface area contributed by atoms with Gasteiger partial charge in [-0.1, -0.05) is 12.1 Å². The first-order chi connectivity index (χ1) is 14.6. The van der Waals surface area contributed by atoms with Gasteiger partial charge in [0.05, 0.1) is 35.8 Å². The third-order valence-electron chi connectivity index (χ3n) is 6.09. The lowest BCUT2D eigenvalue weighted by Gasteiger charge is -2.38. The van der Waals surface area contributed by atoms with E-state index in [0.29, 0.717) is 13.1 Å². The Bertz CT molecular complexity index is 675. The maximum atomic E-state index is 13.3. The molecule has 0 radical (unpaired) electrons. The number of nitrogens with zero attached hydrogens (tertiary/aromatic N) is 2. The number of carbonyl (C=O) groups excluding carboxylic acids is 1. The van der Waals surface area contributed by atoms with Crippen molar-refractivity contribution in [3.8, 4) is 0 Å². The second-order valence-electron chi connectivity index (χ2n) is 8.78. The van der Waals surface area contributed by atoms with Gasteiger partial charge >= 0.3 is 6.03 Å². The third-order valence-corrected chi connectivity index (χ3v) is 6.09. The van der Waals surface area contributed by atoms with Crippen molar-refractivity contribution >= 4 is 17.4 Å². The van der Waals surface area contributed by atoms with E-state index in [1.165, 1.54) is 0 Å². The molecule has 3 aliphatic heterocycles. The van der Waals surface area contributed by atoms with Gasteiger partial charge in [0.25, 0.3) is 0 Å². The molecule has 3 saturated heterocycles. The van der Waals surface area contributed by atoms with Crippen molar-refractivity contribution in [1.82, 2.24) is 4.90 Å². The molecule has 4 atom stereocenters. The number of anilines is 2. The molecule has 3 heterocycles. The number of hydrogen-bond acceptors (Lipinski definition) is 5. The lowest BCUT2D eigenvalue weighted by atomic mass is 10.1. The minimum absolute atomic E-state index is 0.0807. The quantitative estimate of drug-likeness (QED) is 0.768. The summed E-state index contributed by atoms with van der Waals surface area (Å²) >= 11 is 0. The number of benzene rings is 1. The zero-order chi connectivity index (χ0) is 20.9. The lowest BCUT2D eigenvalue weighted by Crippen LogP contribution is -2.46. The molecular weight excluding hydrogens is 382 g/mol. The summed E-state index contributed by atoms with van der Waals surface area (Å²) in [5.74, 6) is 0. The van der Waals surface area contributed by atoms with Crippen LogP contribution in [0, 0.1) is 0 Å². The van der Waals surface area contributed by atoms with Gasteiger partial charge in [0.1, 0.15) is 0 Å². The van der Waals surface area contributed by atoms with Crippen LogP contribution in [0.3, 0.4) is 0 Å². The third kappa shape index (κ3) is 5.45. The summed E-state index contributed by atoms with van der Waals surface area (Å²) < 4.78 is 17.5. The smallest absolute Gasteiger partial charge is 0.322 e. The molecule has 7 heteroatoms. The Labute approximate surface area is 179 Å². The molecule has 2 amide bonds. The first-order valence-corrected chi connectivity index (χ1v) is 11.4. The standard InChI is InChI=1S/C23H35N3O4/c1-17-13-25(14-18(2)30-17)22-10-4-3-9-21(22)24-23(27)26(15-19-7-5-11-28-19)16-20-8-6-12-29-20/h3-4,9-10,17-20H,5-8,11-16H2,1-2H3,(H,24,27)/t17-,18-,19-,20+/m1/s1. The number of morpholine rings is 1. The summed E-state index contributed by atoms with van der Waals surface area (Å²) in [5, 5.41) is 3.18. The first kappa shape index (κ1) is 21.4. The predicted molar refractivity (Wildman–Crippen MR) is 117 cm³/mol. The molecule has 30 heavy (non-hydrogen) atoms. The highest BCUT2D eigenvalue weighted by atomic mass is 16.5. The monoisotopic (exact) mass is 417 g/mol. The molecule has 0 bridgehead atoms. The molecule has 0 unspecified atom stereocenters. The van der Waals surface area contributed by atoms with Crippen LogP contribution in [0.5, 0.6) is 0 Å². The summed E-state index contributed by atoms with van der Waals surface area (Å²) in [4.78, 5) is 17.5.